The minimum atomic E-state index is 0.467. The van der Waals surface area contributed by atoms with E-state index >= 15 is 0 Å². The molecule has 0 aliphatic heterocycles. The molecule has 0 spiro atoms. The van der Waals surface area contributed by atoms with E-state index < -0.39 is 0 Å². The highest BCUT2D eigenvalue weighted by Crippen LogP contribution is 2.02. The number of nitrogens with zero attached hydrogens (tertiary/aromatic N) is 1. The van der Waals surface area contributed by atoms with Crippen LogP contribution in [0.1, 0.15) is 20.8 Å². The summed E-state index contributed by atoms with van der Waals surface area (Å²) in [6, 6.07) is 0. The quantitative estimate of drug-likeness (QED) is 0.324. The van der Waals surface area contributed by atoms with Gasteiger partial charge in [-0.25, -0.2) is 0 Å². The van der Waals surface area contributed by atoms with Gasteiger partial charge >= 0.3 is 0 Å². The summed E-state index contributed by atoms with van der Waals surface area (Å²) in [5.74, 6) is 0. The smallest absolute Gasteiger partial charge is 0.153 e. The first kappa shape index (κ1) is 13.4. The van der Waals surface area contributed by atoms with Gasteiger partial charge < -0.3 is 5.73 Å². The van der Waals surface area contributed by atoms with Gasteiger partial charge in [0, 0.05) is 11.4 Å². The van der Waals surface area contributed by atoms with E-state index in [0.29, 0.717) is 23.5 Å². The Balaban J connectivity index is 4.78. The predicted octanol–water partition coefficient (Wildman–Crippen LogP) is 2.01. The molecule has 0 amide bonds. The van der Waals surface area contributed by atoms with E-state index in [-0.39, 0.29) is 0 Å². The summed E-state index contributed by atoms with van der Waals surface area (Å²) in [6.45, 7) is 9.58. The number of rotatable bonds is 5. The zero-order chi connectivity index (χ0) is 11.8. The van der Waals surface area contributed by atoms with Crippen molar-refractivity contribution in [3.05, 3.63) is 35.6 Å². The molecule has 0 bridgehead atoms. The molecule has 0 aromatic carbocycles. The molecule has 3 heteroatoms. The summed E-state index contributed by atoms with van der Waals surface area (Å²) >= 11 is 0. The summed E-state index contributed by atoms with van der Waals surface area (Å²) in [5.41, 5.74) is 8.19. The van der Waals surface area contributed by atoms with Gasteiger partial charge in [0.15, 0.2) is 6.29 Å². The summed E-state index contributed by atoms with van der Waals surface area (Å²) in [7, 11) is 0. The van der Waals surface area contributed by atoms with Crippen LogP contribution in [0.5, 0.6) is 0 Å². The van der Waals surface area contributed by atoms with E-state index in [0.717, 1.165) is 11.9 Å². The van der Waals surface area contributed by atoms with Gasteiger partial charge in [0.2, 0.25) is 0 Å². The Hall–Kier alpha value is -1.64. The molecular weight excluding hydrogens is 188 g/mol. The highest BCUT2D eigenvalue weighted by atomic mass is 16.1. The lowest BCUT2D eigenvalue weighted by Gasteiger charge is -2.02. The Morgan fingerprint density at radius 1 is 1.47 bits per heavy atom. The molecule has 0 saturated heterocycles. The van der Waals surface area contributed by atoms with E-state index in [4.69, 9.17) is 5.73 Å². The van der Waals surface area contributed by atoms with E-state index in [9.17, 15) is 4.79 Å². The molecule has 0 saturated carbocycles. The molecule has 0 heterocycles. The van der Waals surface area contributed by atoms with Crippen LogP contribution in [0.4, 0.5) is 0 Å². The van der Waals surface area contributed by atoms with Crippen molar-refractivity contribution in [1.29, 1.82) is 0 Å². The normalized spacial score (nSPS) is 14.6. The van der Waals surface area contributed by atoms with Crippen molar-refractivity contribution in [2.45, 2.75) is 20.8 Å². The molecule has 0 unspecified atom stereocenters. The molecule has 0 aliphatic rings. The van der Waals surface area contributed by atoms with Crippen LogP contribution in [0.15, 0.2) is 40.6 Å². The van der Waals surface area contributed by atoms with Crippen LogP contribution >= 0.6 is 0 Å². The van der Waals surface area contributed by atoms with Crippen molar-refractivity contribution >= 4 is 12.0 Å². The number of hydrogen-bond donors (Lipinski definition) is 1. The van der Waals surface area contributed by atoms with Gasteiger partial charge in [-0.2, -0.15) is 0 Å². The van der Waals surface area contributed by atoms with Crippen molar-refractivity contribution < 1.29 is 4.79 Å². The van der Waals surface area contributed by atoms with Crippen LogP contribution in [0.3, 0.4) is 0 Å². The molecular formula is C12H18N2O. The second kappa shape index (κ2) is 6.76. The van der Waals surface area contributed by atoms with E-state index in [1.54, 1.807) is 19.9 Å². The van der Waals surface area contributed by atoms with Crippen LogP contribution in [0.2, 0.25) is 0 Å². The fraction of sp³-hybridized carbons (Fsp3) is 0.333. The third kappa shape index (κ3) is 4.40. The number of nitrogens with two attached hydrogens (primary N) is 1. The van der Waals surface area contributed by atoms with Crippen LogP contribution in [-0.4, -0.2) is 18.5 Å². The molecule has 0 aromatic heterocycles. The number of allylic oxidation sites excluding steroid dienone is 3. The maximum Gasteiger partial charge on any atom is 0.153 e. The number of hydrogen-bond acceptors (Lipinski definition) is 3. The van der Waals surface area contributed by atoms with E-state index in [1.807, 2.05) is 13.0 Å². The van der Waals surface area contributed by atoms with Crippen molar-refractivity contribution in [3.8, 4) is 0 Å². The number of aliphatic imine (C=N–C) groups is 1. The first-order valence-corrected chi connectivity index (χ1v) is 4.77. The van der Waals surface area contributed by atoms with Gasteiger partial charge in [-0.15, -0.1) is 0 Å². The SMILES string of the molecule is C=C/C(=C\C)CN=C(C)/C(C=O)=C(/C)N. The topological polar surface area (TPSA) is 55.5 Å². The average Bonchev–Trinajstić information content (AvgIpc) is 2.19. The molecule has 82 valence electrons. The number of aldehydes is 1. The zero-order valence-electron chi connectivity index (χ0n) is 9.58. The van der Waals surface area contributed by atoms with Gasteiger partial charge in [-0.05, 0) is 26.3 Å². The molecule has 2 N–H and O–H groups in total. The van der Waals surface area contributed by atoms with Gasteiger partial charge in [0.1, 0.15) is 0 Å². The van der Waals surface area contributed by atoms with Crippen LogP contribution in [0.25, 0.3) is 0 Å². The monoisotopic (exact) mass is 206 g/mol. The fourth-order valence-corrected chi connectivity index (χ4v) is 1.03. The molecule has 0 rings (SSSR count). The highest BCUT2D eigenvalue weighted by molar-refractivity contribution is 6.14. The second-order valence-electron chi connectivity index (χ2n) is 3.18. The minimum Gasteiger partial charge on any atom is -0.402 e. The largest absolute Gasteiger partial charge is 0.402 e. The second-order valence-corrected chi connectivity index (χ2v) is 3.18. The van der Waals surface area contributed by atoms with Crippen molar-refractivity contribution in [1.82, 2.24) is 0 Å². The Morgan fingerprint density at radius 2 is 2.07 bits per heavy atom. The first-order chi connectivity index (χ1) is 7.06. The zero-order valence-corrected chi connectivity index (χ0v) is 9.58. The number of carbonyl (C=O) groups excluding carboxylic acids is 1. The minimum absolute atomic E-state index is 0.467. The highest BCUT2D eigenvalue weighted by Gasteiger charge is 2.02. The molecule has 0 fully saturated rings. The van der Waals surface area contributed by atoms with Crippen molar-refractivity contribution in [2.75, 3.05) is 6.54 Å². The molecule has 3 nitrogen and oxygen atoms in total. The molecule has 0 aliphatic carbocycles. The maximum atomic E-state index is 10.7. The Kier molecular flexibility index (Phi) is 6.02. The lowest BCUT2D eigenvalue weighted by molar-refractivity contribution is -0.104. The number of carbonyl (C=O) groups is 1. The average molecular weight is 206 g/mol. The summed E-state index contributed by atoms with van der Waals surface area (Å²) < 4.78 is 0. The van der Waals surface area contributed by atoms with Crippen molar-refractivity contribution in [3.63, 3.8) is 0 Å². The standard InChI is InChI=1S/C12H18N2O/c1-5-11(6-2)7-14-10(4)12(8-15)9(3)13/h5-6,8H,1,7,13H2,2-4H3/b11-6+,12-9-,14-10?. The summed E-state index contributed by atoms with van der Waals surface area (Å²) in [4.78, 5) is 15.0. The molecule has 0 aromatic rings. The van der Waals surface area contributed by atoms with Crippen molar-refractivity contribution in [2.24, 2.45) is 10.7 Å². The third-order valence-electron chi connectivity index (χ3n) is 2.06. The van der Waals surface area contributed by atoms with Gasteiger partial charge in [0.25, 0.3) is 0 Å². The predicted molar refractivity (Wildman–Crippen MR) is 64.9 cm³/mol. The van der Waals surface area contributed by atoms with Gasteiger partial charge in [-0.1, -0.05) is 18.7 Å². The maximum absolute atomic E-state index is 10.7. The van der Waals surface area contributed by atoms with E-state index in [2.05, 4.69) is 11.6 Å². The van der Waals surface area contributed by atoms with Gasteiger partial charge in [-0.3, -0.25) is 9.79 Å². The lowest BCUT2D eigenvalue weighted by Crippen LogP contribution is -2.08. The van der Waals surface area contributed by atoms with Crippen LogP contribution in [0, 0.1) is 0 Å². The lowest BCUT2D eigenvalue weighted by atomic mass is 10.1. The molecule has 15 heavy (non-hydrogen) atoms. The van der Waals surface area contributed by atoms with Crippen LogP contribution < -0.4 is 5.73 Å². The molecule has 0 atom stereocenters. The Labute approximate surface area is 91.1 Å². The Morgan fingerprint density at radius 3 is 2.40 bits per heavy atom. The molecule has 0 radical (unpaired) electrons. The van der Waals surface area contributed by atoms with Crippen LogP contribution in [-0.2, 0) is 4.79 Å². The first-order valence-electron chi connectivity index (χ1n) is 4.77. The fourth-order valence-electron chi connectivity index (χ4n) is 1.03. The van der Waals surface area contributed by atoms with Gasteiger partial charge in [0.05, 0.1) is 12.1 Å². The summed E-state index contributed by atoms with van der Waals surface area (Å²) in [6.07, 6.45) is 4.41. The summed E-state index contributed by atoms with van der Waals surface area (Å²) in [5, 5.41) is 0. The Bertz CT molecular complexity index is 332. The van der Waals surface area contributed by atoms with E-state index in [1.165, 1.54) is 0 Å². The third-order valence-corrected chi connectivity index (χ3v) is 2.06.